The van der Waals surface area contributed by atoms with Gasteiger partial charge in [0.2, 0.25) is 0 Å². The summed E-state index contributed by atoms with van der Waals surface area (Å²) in [6, 6.07) is 1.28. The molecule has 0 heterocycles. The summed E-state index contributed by atoms with van der Waals surface area (Å²) in [7, 11) is 0. The van der Waals surface area contributed by atoms with Crippen molar-refractivity contribution in [1.82, 2.24) is 5.32 Å². The van der Waals surface area contributed by atoms with Gasteiger partial charge in [-0.05, 0) is 13.0 Å². The fourth-order valence-electron chi connectivity index (χ4n) is 1.29. The molecule has 0 spiro atoms. The van der Waals surface area contributed by atoms with Crippen LogP contribution in [0.1, 0.15) is 18.5 Å². The van der Waals surface area contributed by atoms with E-state index in [2.05, 4.69) is 11.9 Å². The van der Waals surface area contributed by atoms with E-state index in [0.717, 1.165) is 6.07 Å². The molecule has 0 saturated carbocycles. The molecule has 1 aromatic carbocycles. The Morgan fingerprint density at radius 2 is 2.19 bits per heavy atom. The average Bonchev–Trinajstić information content (AvgIpc) is 2.19. The maximum Gasteiger partial charge on any atom is 0.168 e. The first-order chi connectivity index (χ1) is 7.41. The first-order valence-electron chi connectivity index (χ1n) is 4.66. The number of phenolic OH excluding ortho intramolecular Hbond substituents is 1. The molecular weight excluding hydrogens is 236 g/mol. The minimum absolute atomic E-state index is 0.149. The smallest absolute Gasteiger partial charge is 0.168 e. The maximum absolute atomic E-state index is 13.0. The van der Waals surface area contributed by atoms with E-state index >= 15 is 0 Å². The van der Waals surface area contributed by atoms with Gasteiger partial charge in [-0.25, -0.2) is 8.78 Å². The predicted molar refractivity (Wildman–Crippen MR) is 59.4 cm³/mol. The van der Waals surface area contributed by atoms with Gasteiger partial charge in [0.25, 0.3) is 0 Å². The van der Waals surface area contributed by atoms with Crippen molar-refractivity contribution in [3.8, 4) is 5.75 Å². The molecule has 1 rings (SSSR count). The van der Waals surface area contributed by atoms with Crippen molar-refractivity contribution < 1.29 is 13.9 Å². The van der Waals surface area contributed by atoms with Crippen molar-refractivity contribution in [2.75, 3.05) is 6.54 Å². The highest BCUT2D eigenvalue weighted by Crippen LogP contribution is 2.28. The zero-order valence-electron chi connectivity index (χ0n) is 8.73. The average molecular weight is 248 g/mol. The topological polar surface area (TPSA) is 32.3 Å². The van der Waals surface area contributed by atoms with E-state index in [1.807, 2.05) is 0 Å². The first kappa shape index (κ1) is 12.9. The molecule has 88 valence electrons. The molecule has 16 heavy (non-hydrogen) atoms. The van der Waals surface area contributed by atoms with Crippen molar-refractivity contribution in [2.45, 2.75) is 13.0 Å². The normalized spacial score (nSPS) is 12.5. The van der Waals surface area contributed by atoms with Crippen LogP contribution in [0.25, 0.3) is 0 Å². The third kappa shape index (κ3) is 3.18. The Hall–Kier alpha value is -1.13. The molecule has 0 amide bonds. The van der Waals surface area contributed by atoms with Gasteiger partial charge in [0.05, 0.1) is 0 Å². The number of hydrogen-bond acceptors (Lipinski definition) is 2. The summed E-state index contributed by atoms with van der Waals surface area (Å²) in [5.41, 5.74) is 0.149. The van der Waals surface area contributed by atoms with Crippen LogP contribution >= 0.6 is 11.6 Å². The number of hydrogen-bond donors (Lipinski definition) is 2. The van der Waals surface area contributed by atoms with Crippen LogP contribution in [0, 0.1) is 11.6 Å². The van der Waals surface area contributed by atoms with Gasteiger partial charge in [0.1, 0.15) is 5.82 Å². The van der Waals surface area contributed by atoms with E-state index in [9.17, 15) is 13.9 Å². The zero-order chi connectivity index (χ0) is 12.3. The highest BCUT2D eigenvalue weighted by molar-refractivity contribution is 6.29. The molecule has 2 N–H and O–H groups in total. The van der Waals surface area contributed by atoms with Crippen LogP contribution < -0.4 is 5.32 Å². The summed E-state index contributed by atoms with van der Waals surface area (Å²) < 4.78 is 26.0. The molecule has 1 unspecified atom stereocenters. The predicted octanol–water partition coefficient (Wildman–Crippen LogP) is 3.07. The van der Waals surface area contributed by atoms with Crippen LogP contribution in [0.2, 0.25) is 0 Å². The van der Waals surface area contributed by atoms with Gasteiger partial charge < -0.3 is 10.4 Å². The van der Waals surface area contributed by atoms with Crippen LogP contribution in [0.15, 0.2) is 23.7 Å². The van der Waals surface area contributed by atoms with Crippen LogP contribution in [-0.2, 0) is 0 Å². The van der Waals surface area contributed by atoms with E-state index in [1.165, 1.54) is 0 Å². The summed E-state index contributed by atoms with van der Waals surface area (Å²) in [4.78, 5) is 0. The standard InChI is InChI=1S/C11H12ClF2NO/c1-6(12)5-15-7(2)9-3-8(13)4-10(14)11(9)16/h3-4,7,15-16H,1,5H2,2H3. The lowest BCUT2D eigenvalue weighted by molar-refractivity contribution is 0.411. The van der Waals surface area contributed by atoms with E-state index < -0.39 is 23.4 Å². The van der Waals surface area contributed by atoms with E-state index in [1.54, 1.807) is 6.92 Å². The Labute approximate surface area is 97.5 Å². The van der Waals surface area contributed by atoms with Gasteiger partial charge in [-0.15, -0.1) is 0 Å². The van der Waals surface area contributed by atoms with Gasteiger partial charge in [-0.1, -0.05) is 18.2 Å². The Balaban J connectivity index is 2.90. The van der Waals surface area contributed by atoms with Crippen LogP contribution in [0.5, 0.6) is 5.75 Å². The Morgan fingerprint density at radius 3 is 2.75 bits per heavy atom. The lowest BCUT2D eigenvalue weighted by Crippen LogP contribution is -2.20. The Kier molecular flexibility index (Phi) is 4.26. The molecule has 0 aliphatic rings. The SMILES string of the molecule is C=C(Cl)CNC(C)c1cc(F)cc(F)c1O. The maximum atomic E-state index is 13.0. The van der Waals surface area contributed by atoms with Gasteiger partial charge in [-0.3, -0.25) is 0 Å². The molecule has 0 aromatic heterocycles. The number of rotatable bonds is 4. The molecule has 0 saturated heterocycles. The van der Waals surface area contributed by atoms with Crippen molar-refractivity contribution in [3.05, 3.63) is 40.9 Å². The highest BCUT2D eigenvalue weighted by atomic mass is 35.5. The minimum Gasteiger partial charge on any atom is -0.505 e. The second-order valence-corrected chi connectivity index (χ2v) is 3.98. The van der Waals surface area contributed by atoms with Crippen molar-refractivity contribution >= 4 is 11.6 Å². The lowest BCUT2D eigenvalue weighted by Gasteiger charge is -2.15. The fourth-order valence-corrected chi connectivity index (χ4v) is 1.37. The third-order valence-electron chi connectivity index (χ3n) is 2.12. The molecule has 5 heteroatoms. The Bertz CT molecular complexity index is 409. The molecule has 0 fully saturated rings. The number of phenols is 1. The van der Waals surface area contributed by atoms with Gasteiger partial charge in [0, 0.05) is 29.2 Å². The van der Waals surface area contributed by atoms with Crippen molar-refractivity contribution in [1.29, 1.82) is 0 Å². The first-order valence-corrected chi connectivity index (χ1v) is 5.04. The molecule has 0 bridgehead atoms. The number of nitrogens with one attached hydrogen (secondary N) is 1. The largest absolute Gasteiger partial charge is 0.505 e. The summed E-state index contributed by atoms with van der Waals surface area (Å²) in [5, 5.41) is 12.7. The summed E-state index contributed by atoms with van der Waals surface area (Å²) in [6.07, 6.45) is 0. The third-order valence-corrected chi connectivity index (χ3v) is 2.26. The van der Waals surface area contributed by atoms with Crippen LogP contribution in [-0.4, -0.2) is 11.7 Å². The summed E-state index contributed by atoms with van der Waals surface area (Å²) >= 11 is 5.54. The Morgan fingerprint density at radius 1 is 1.56 bits per heavy atom. The zero-order valence-corrected chi connectivity index (χ0v) is 9.48. The highest BCUT2D eigenvalue weighted by Gasteiger charge is 2.15. The number of halogens is 3. The van der Waals surface area contributed by atoms with Gasteiger partial charge in [-0.2, -0.15) is 0 Å². The van der Waals surface area contributed by atoms with Crippen LogP contribution in [0.4, 0.5) is 8.78 Å². The van der Waals surface area contributed by atoms with Gasteiger partial charge in [0.15, 0.2) is 11.6 Å². The second-order valence-electron chi connectivity index (χ2n) is 3.45. The van der Waals surface area contributed by atoms with E-state index in [0.29, 0.717) is 17.6 Å². The molecule has 0 radical (unpaired) electrons. The molecule has 2 nitrogen and oxygen atoms in total. The lowest BCUT2D eigenvalue weighted by atomic mass is 10.1. The second kappa shape index (κ2) is 5.27. The van der Waals surface area contributed by atoms with Crippen molar-refractivity contribution in [3.63, 3.8) is 0 Å². The number of aromatic hydroxyl groups is 1. The molecule has 0 aliphatic heterocycles. The summed E-state index contributed by atoms with van der Waals surface area (Å²) in [5.74, 6) is -2.27. The molecule has 0 aliphatic carbocycles. The fraction of sp³-hybridized carbons (Fsp3) is 0.273. The molecule has 1 aromatic rings. The van der Waals surface area contributed by atoms with Gasteiger partial charge >= 0.3 is 0 Å². The molecule has 1 atom stereocenters. The quantitative estimate of drug-likeness (QED) is 0.857. The minimum atomic E-state index is -0.978. The van der Waals surface area contributed by atoms with E-state index in [4.69, 9.17) is 11.6 Å². The van der Waals surface area contributed by atoms with Crippen molar-refractivity contribution in [2.24, 2.45) is 0 Å². The monoisotopic (exact) mass is 247 g/mol. The summed E-state index contributed by atoms with van der Waals surface area (Å²) in [6.45, 7) is 5.42. The van der Waals surface area contributed by atoms with E-state index in [-0.39, 0.29) is 5.56 Å². The van der Waals surface area contributed by atoms with Crippen LogP contribution in [0.3, 0.4) is 0 Å². The number of benzene rings is 1. The molecular formula is C11H12ClF2NO.